The van der Waals surface area contributed by atoms with Crippen LogP contribution in [0.1, 0.15) is 32.6 Å². The highest BCUT2D eigenvalue weighted by Gasteiger charge is 2.12. The van der Waals surface area contributed by atoms with Crippen LogP contribution in [0, 0.1) is 0 Å². The average molecular weight is 156 g/mol. The monoisotopic (exact) mass is 156 g/mol. The highest BCUT2D eigenvalue weighted by Crippen LogP contribution is 2.02. The first-order chi connectivity index (χ1) is 5.34. The molecule has 0 aromatic rings. The van der Waals surface area contributed by atoms with Crippen molar-refractivity contribution >= 4 is 5.91 Å². The summed E-state index contributed by atoms with van der Waals surface area (Å²) in [5, 5.41) is 1.76. The van der Waals surface area contributed by atoms with E-state index in [9.17, 15) is 4.79 Å². The van der Waals surface area contributed by atoms with Crippen LogP contribution in [0.15, 0.2) is 0 Å². The Kier molecular flexibility index (Phi) is 3.36. The summed E-state index contributed by atoms with van der Waals surface area (Å²) in [6.07, 6.45) is 4.17. The molecule has 0 radical (unpaired) electrons. The lowest BCUT2D eigenvalue weighted by Gasteiger charge is -2.19. The van der Waals surface area contributed by atoms with Gasteiger partial charge in [-0.15, -0.1) is 0 Å². The van der Waals surface area contributed by atoms with Gasteiger partial charge in [-0.25, -0.2) is 5.43 Å². The van der Waals surface area contributed by atoms with Crippen LogP contribution in [0.25, 0.3) is 0 Å². The van der Waals surface area contributed by atoms with Gasteiger partial charge in [0.25, 0.3) is 0 Å². The summed E-state index contributed by atoms with van der Waals surface area (Å²) in [6, 6.07) is 0. The third kappa shape index (κ3) is 2.50. The predicted octanol–water partition coefficient (Wildman–Crippen LogP) is 0.913. The standard InChI is InChI=1S/C8H16N2O/c1-2-8(11)10-7-5-3-4-6-9-10/h9H,2-7H2,1H3. The smallest absolute Gasteiger partial charge is 0.236 e. The number of nitrogens with one attached hydrogen (secondary N) is 1. The molecule has 1 saturated heterocycles. The Hall–Kier alpha value is -0.570. The van der Waals surface area contributed by atoms with Crippen LogP contribution in [0.4, 0.5) is 0 Å². The second kappa shape index (κ2) is 4.34. The summed E-state index contributed by atoms with van der Waals surface area (Å²) < 4.78 is 0. The molecule has 1 N–H and O–H groups in total. The van der Waals surface area contributed by atoms with Gasteiger partial charge in [-0.05, 0) is 12.8 Å². The quantitative estimate of drug-likeness (QED) is 0.612. The van der Waals surface area contributed by atoms with Gasteiger partial charge in [0.05, 0.1) is 0 Å². The molecule has 1 fully saturated rings. The van der Waals surface area contributed by atoms with Crippen molar-refractivity contribution in [1.29, 1.82) is 0 Å². The van der Waals surface area contributed by atoms with E-state index in [0.717, 1.165) is 19.5 Å². The van der Waals surface area contributed by atoms with Gasteiger partial charge in [-0.1, -0.05) is 13.3 Å². The maximum Gasteiger partial charge on any atom is 0.236 e. The third-order valence-corrected chi connectivity index (χ3v) is 1.96. The molecule has 3 nitrogen and oxygen atoms in total. The van der Waals surface area contributed by atoms with Crippen LogP contribution >= 0.6 is 0 Å². The Morgan fingerprint density at radius 2 is 2.27 bits per heavy atom. The first kappa shape index (κ1) is 8.53. The van der Waals surface area contributed by atoms with E-state index in [1.54, 1.807) is 5.01 Å². The minimum atomic E-state index is 0.215. The van der Waals surface area contributed by atoms with Crippen molar-refractivity contribution in [3.8, 4) is 0 Å². The summed E-state index contributed by atoms with van der Waals surface area (Å²) in [4.78, 5) is 11.2. The zero-order valence-corrected chi connectivity index (χ0v) is 7.10. The van der Waals surface area contributed by atoms with Crippen LogP contribution in [0.5, 0.6) is 0 Å². The lowest BCUT2D eigenvalue weighted by atomic mass is 10.2. The SMILES string of the molecule is CCC(=O)N1CCCCCN1. The van der Waals surface area contributed by atoms with Crippen molar-refractivity contribution in [2.45, 2.75) is 32.6 Å². The summed E-state index contributed by atoms with van der Waals surface area (Å²) in [7, 11) is 0. The van der Waals surface area contributed by atoms with Gasteiger partial charge in [-0.3, -0.25) is 9.80 Å². The van der Waals surface area contributed by atoms with Gasteiger partial charge in [0.1, 0.15) is 0 Å². The molecule has 1 amide bonds. The number of carbonyl (C=O) groups excluding carboxylic acids is 1. The molecule has 0 atom stereocenters. The molecular formula is C8H16N2O. The minimum Gasteiger partial charge on any atom is -0.278 e. The molecule has 3 heteroatoms. The zero-order chi connectivity index (χ0) is 8.10. The maximum atomic E-state index is 11.2. The maximum absolute atomic E-state index is 11.2. The van der Waals surface area contributed by atoms with Gasteiger partial charge in [-0.2, -0.15) is 0 Å². The Labute approximate surface area is 67.7 Å². The van der Waals surface area contributed by atoms with E-state index < -0.39 is 0 Å². The normalized spacial score (nSPS) is 19.5. The number of hydrogen-bond donors (Lipinski definition) is 1. The first-order valence-corrected chi connectivity index (χ1v) is 4.38. The molecule has 0 unspecified atom stereocenters. The number of hydrogen-bond acceptors (Lipinski definition) is 2. The predicted molar refractivity (Wildman–Crippen MR) is 43.9 cm³/mol. The topological polar surface area (TPSA) is 32.3 Å². The van der Waals surface area contributed by atoms with Crippen LogP contribution < -0.4 is 5.43 Å². The van der Waals surface area contributed by atoms with Crippen molar-refractivity contribution in [1.82, 2.24) is 10.4 Å². The Bertz CT molecular complexity index is 128. The molecule has 1 rings (SSSR count). The number of nitrogens with zero attached hydrogens (tertiary/aromatic N) is 1. The van der Waals surface area contributed by atoms with Crippen LogP contribution in [0.3, 0.4) is 0 Å². The molecule has 1 heterocycles. The summed E-state index contributed by atoms with van der Waals surface area (Å²) in [5.74, 6) is 0.215. The Balaban J connectivity index is 2.36. The van der Waals surface area contributed by atoms with Crippen molar-refractivity contribution in [2.75, 3.05) is 13.1 Å². The molecule has 0 aromatic heterocycles. The number of rotatable bonds is 1. The second-order valence-electron chi connectivity index (χ2n) is 2.87. The van der Waals surface area contributed by atoms with Crippen LogP contribution in [0.2, 0.25) is 0 Å². The highest BCUT2D eigenvalue weighted by atomic mass is 16.2. The van der Waals surface area contributed by atoms with Crippen molar-refractivity contribution < 1.29 is 4.79 Å². The third-order valence-electron chi connectivity index (χ3n) is 1.96. The highest BCUT2D eigenvalue weighted by molar-refractivity contribution is 5.75. The van der Waals surface area contributed by atoms with E-state index in [-0.39, 0.29) is 5.91 Å². The van der Waals surface area contributed by atoms with E-state index in [1.807, 2.05) is 6.92 Å². The fraction of sp³-hybridized carbons (Fsp3) is 0.875. The molecule has 1 aliphatic rings. The number of amides is 1. The van der Waals surface area contributed by atoms with Gasteiger partial charge in [0.15, 0.2) is 0 Å². The molecule has 0 aliphatic carbocycles. The molecule has 64 valence electrons. The second-order valence-corrected chi connectivity index (χ2v) is 2.87. The summed E-state index contributed by atoms with van der Waals surface area (Å²) in [5.41, 5.74) is 3.12. The molecular weight excluding hydrogens is 140 g/mol. The largest absolute Gasteiger partial charge is 0.278 e. The minimum absolute atomic E-state index is 0.215. The van der Waals surface area contributed by atoms with Crippen molar-refractivity contribution in [2.24, 2.45) is 0 Å². The molecule has 1 aliphatic heterocycles. The van der Waals surface area contributed by atoms with Gasteiger partial charge >= 0.3 is 0 Å². The number of hydrazine groups is 1. The molecule has 0 bridgehead atoms. The Morgan fingerprint density at radius 3 is 3.00 bits per heavy atom. The first-order valence-electron chi connectivity index (χ1n) is 4.38. The van der Waals surface area contributed by atoms with E-state index >= 15 is 0 Å². The number of carbonyl (C=O) groups is 1. The van der Waals surface area contributed by atoms with E-state index in [0.29, 0.717) is 6.42 Å². The summed E-state index contributed by atoms with van der Waals surface area (Å²) >= 11 is 0. The zero-order valence-electron chi connectivity index (χ0n) is 7.10. The van der Waals surface area contributed by atoms with E-state index in [1.165, 1.54) is 12.8 Å². The fourth-order valence-corrected chi connectivity index (χ4v) is 1.27. The van der Waals surface area contributed by atoms with Gasteiger partial charge < -0.3 is 0 Å². The lowest BCUT2D eigenvalue weighted by Crippen LogP contribution is -2.42. The van der Waals surface area contributed by atoms with Gasteiger partial charge in [0, 0.05) is 19.5 Å². The fourth-order valence-electron chi connectivity index (χ4n) is 1.27. The van der Waals surface area contributed by atoms with Crippen molar-refractivity contribution in [3.63, 3.8) is 0 Å². The molecule has 0 spiro atoms. The van der Waals surface area contributed by atoms with Crippen LogP contribution in [-0.4, -0.2) is 24.0 Å². The Morgan fingerprint density at radius 1 is 1.45 bits per heavy atom. The van der Waals surface area contributed by atoms with E-state index in [2.05, 4.69) is 5.43 Å². The molecule has 0 aromatic carbocycles. The molecule has 11 heavy (non-hydrogen) atoms. The summed E-state index contributed by atoms with van der Waals surface area (Å²) in [6.45, 7) is 3.73. The average Bonchev–Trinajstić information content (AvgIpc) is 2.30. The molecule has 0 saturated carbocycles. The van der Waals surface area contributed by atoms with Crippen LogP contribution in [-0.2, 0) is 4.79 Å². The lowest BCUT2D eigenvalue weighted by molar-refractivity contribution is -0.133. The van der Waals surface area contributed by atoms with Gasteiger partial charge in [0.2, 0.25) is 5.91 Å². The van der Waals surface area contributed by atoms with Crippen molar-refractivity contribution in [3.05, 3.63) is 0 Å². The van der Waals surface area contributed by atoms with E-state index in [4.69, 9.17) is 0 Å².